The first-order valence-corrected chi connectivity index (χ1v) is 30.2. The molecular weight excluding hydrogens is 1130 g/mol. The third-order valence-corrected chi connectivity index (χ3v) is 15.4. The monoisotopic (exact) mass is 1200 g/mol. The summed E-state index contributed by atoms with van der Waals surface area (Å²) in [6.45, 7) is 4.21. The van der Waals surface area contributed by atoms with Gasteiger partial charge in [0.2, 0.25) is 32.4 Å². The van der Waals surface area contributed by atoms with Crippen molar-refractivity contribution in [1.82, 2.24) is 39.8 Å². The molecule has 2 atom stereocenters. The minimum atomic E-state index is -3.49. The second kappa shape index (κ2) is 29.4. The number of aromatic nitrogens is 7. The maximum Gasteiger partial charge on any atom is 0.510 e. The quantitative estimate of drug-likeness (QED) is 0.0198. The van der Waals surface area contributed by atoms with Crippen LogP contribution in [0.3, 0.4) is 0 Å². The number of carbonyl (C=O) groups excluding carboxylic acids is 6. The Morgan fingerprint density at radius 1 is 0.930 bits per heavy atom. The van der Waals surface area contributed by atoms with Crippen molar-refractivity contribution in [3.8, 4) is 29.0 Å². The van der Waals surface area contributed by atoms with Crippen molar-refractivity contribution >= 4 is 61.9 Å². The number of fused-ring (bicyclic) bond motifs is 5. The maximum absolute atomic E-state index is 14.1. The molecule has 25 nitrogen and oxygen atoms in total. The van der Waals surface area contributed by atoms with E-state index in [0.717, 1.165) is 22.8 Å². The number of phenols is 1. The number of ether oxygens (including phenoxy) is 5. The van der Waals surface area contributed by atoms with E-state index in [4.69, 9.17) is 34.4 Å². The molecule has 0 saturated heterocycles. The van der Waals surface area contributed by atoms with Crippen molar-refractivity contribution in [2.75, 3.05) is 44.5 Å². The number of sulfone groups is 1. The molecule has 454 valence electrons. The number of anilines is 1. The number of nitrogens with zero attached hydrogens (tertiary/aromatic N) is 7. The molecule has 2 aromatic carbocycles. The highest BCUT2D eigenvalue weighted by molar-refractivity contribution is 7.90. The third kappa shape index (κ3) is 16.1. The fraction of sp³-hybridized carbons (Fsp3) is 0.433. The number of esters is 1. The van der Waals surface area contributed by atoms with Crippen LogP contribution in [-0.4, -0.2) is 123 Å². The van der Waals surface area contributed by atoms with E-state index in [1.54, 1.807) is 70.9 Å². The van der Waals surface area contributed by atoms with E-state index in [-0.39, 0.29) is 105 Å². The number of amides is 2. The summed E-state index contributed by atoms with van der Waals surface area (Å²) in [5, 5.41) is 24.5. The summed E-state index contributed by atoms with van der Waals surface area (Å²) in [5.41, 5.74) is 9.00. The minimum absolute atomic E-state index is 0.0741. The van der Waals surface area contributed by atoms with E-state index in [9.17, 15) is 47.1 Å². The van der Waals surface area contributed by atoms with Crippen molar-refractivity contribution < 1.29 is 66.0 Å². The lowest BCUT2D eigenvalue weighted by Crippen LogP contribution is -2.47. The van der Waals surface area contributed by atoms with Gasteiger partial charge in [0.1, 0.15) is 37.9 Å². The Hall–Kier alpha value is -8.77. The Labute approximate surface area is 495 Å². The Morgan fingerprint density at radius 2 is 1.71 bits per heavy atom. The van der Waals surface area contributed by atoms with Gasteiger partial charge >= 0.3 is 12.1 Å². The van der Waals surface area contributed by atoms with Gasteiger partial charge in [-0.3, -0.25) is 24.0 Å². The summed E-state index contributed by atoms with van der Waals surface area (Å²) in [7, 11) is -3.49. The molecule has 5 N–H and O–H groups in total. The van der Waals surface area contributed by atoms with Gasteiger partial charge < -0.3 is 49.7 Å². The van der Waals surface area contributed by atoms with Crippen molar-refractivity contribution in [2.24, 2.45) is 11.7 Å². The van der Waals surface area contributed by atoms with E-state index < -0.39 is 44.9 Å². The SMILES string of the molecule is CCc1c2c(nc3ccc(O)cc13)-c1cc3c(c(=O)n1C2)COC(=O)[C@@]3(CC)OC(=O)OCc1ccc(NC(=O)[C@H](CCCCN)CC(=O)COCC(=O)CCCOCCn2cc(CNC(=O)CCCC#Cc3cnc(S(C)(=O)=O)nc3)nn2)cc1. The molecule has 0 saturated carbocycles. The van der Waals surface area contributed by atoms with Crippen LogP contribution in [0.15, 0.2) is 77.1 Å². The van der Waals surface area contributed by atoms with Gasteiger partial charge in [0.05, 0.1) is 60.5 Å². The molecule has 6 heterocycles. The second-order valence-electron chi connectivity index (χ2n) is 20.8. The summed E-state index contributed by atoms with van der Waals surface area (Å²) < 4.78 is 54.0. The average Bonchev–Trinajstić information content (AvgIpc) is 1.79. The molecule has 86 heavy (non-hydrogen) atoms. The second-order valence-corrected chi connectivity index (χ2v) is 22.7. The maximum atomic E-state index is 14.1. The fourth-order valence-electron chi connectivity index (χ4n) is 10.0. The largest absolute Gasteiger partial charge is 0.510 e. The standard InChI is InChI=1S/C60H68N10O15S/c1-4-46-47-27-43(71)20-21-51(47)66-54-48(46)33-70-52(54)28-50-49(56(70)76)37-83-57(77)60(50,5-2)85-59(78)84-34-38-16-18-41(19-17-38)65-55(75)40(13-9-10-22-61)26-45(73)36-82-35-44(72)14-11-24-81-25-23-69-32-42(67-68-69)31-62-53(74)15-8-6-7-12-39-29-63-58(64-30-39)86(3,79)80/h16-21,27-30,32,40,71H,4-6,8-11,13-15,22-26,31,33-37,61H2,1-3H3,(H,62,74)(H,65,75)/t40-,60+/m1/s1. The Morgan fingerprint density at radius 3 is 2.45 bits per heavy atom. The Bertz CT molecular complexity index is 3730. The number of pyridine rings is 2. The Balaban J connectivity index is 0.721. The number of aryl methyl sites for hydroxylation is 1. The van der Waals surface area contributed by atoms with Crippen LogP contribution in [-0.2, 0) is 102 Å². The topological polar surface area (TPSA) is 344 Å². The molecule has 8 rings (SSSR count). The van der Waals surface area contributed by atoms with E-state index in [0.29, 0.717) is 111 Å². The van der Waals surface area contributed by atoms with Crippen LogP contribution < -0.4 is 21.9 Å². The van der Waals surface area contributed by atoms with Gasteiger partial charge in [-0.2, -0.15) is 0 Å². The van der Waals surface area contributed by atoms with Gasteiger partial charge in [0, 0.05) is 79.1 Å². The highest BCUT2D eigenvalue weighted by atomic mass is 32.2. The summed E-state index contributed by atoms with van der Waals surface area (Å²) in [6.07, 6.45) is 8.03. The number of Topliss-reactive ketones (excluding diaryl/α,β-unsaturated/α-hetero) is 2. The van der Waals surface area contributed by atoms with Gasteiger partial charge in [-0.1, -0.05) is 49.5 Å². The zero-order chi connectivity index (χ0) is 61.4. The lowest BCUT2D eigenvalue weighted by Gasteiger charge is -2.35. The van der Waals surface area contributed by atoms with E-state index in [2.05, 4.69) is 42.8 Å². The highest BCUT2D eigenvalue weighted by Crippen LogP contribution is 2.42. The molecule has 2 aliphatic heterocycles. The molecule has 2 aliphatic rings. The number of hydrogen-bond donors (Lipinski definition) is 4. The molecule has 2 amide bonds. The van der Waals surface area contributed by atoms with Gasteiger partial charge in [-0.25, -0.2) is 37.6 Å². The average molecular weight is 1200 g/mol. The van der Waals surface area contributed by atoms with Gasteiger partial charge in [-0.05, 0) is 92.6 Å². The number of nitrogens with one attached hydrogen (secondary N) is 2. The van der Waals surface area contributed by atoms with Gasteiger partial charge in [0.25, 0.3) is 5.56 Å². The van der Waals surface area contributed by atoms with Crippen LogP contribution >= 0.6 is 0 Å². The predicted octanol–water partition coefficient (Wildman–Crippen LogP) is 5.06. The first-order valence-electron chi connectivity index (χ1n) is 28.3. The number of benzene rings is 2. The minimum Gasteiger partial charge on any atom is -0.508 e. The summed E-state index contributed by atoms with van der Waals surface area (Å²) in [5.74, 6) is 3.15. The number of nitrogens with two attached hydrogens (primary N) is 1. The van der Waals surface area contributed by atoms with Crippen LogP contribution in [0.1, 0.15) is 117 Å². The molecule has 0 bridgehead atoms. The summed E-state index contributed by atoms with van der Waals surface area (Å²) in [4.78, 5) is 105. The smallest absolute Gasteiger partial charge is 0.508 e. The molecule has 0 radical (unpaired) electrons. The molecule has 0 unspecified atom stereocenters. The molecular formula is C60H68N10O15S. The zero-order valence-electron chi connectivity index (χ0n) is 48.1. The first kappa shape index (κ1) is 63.3. The summed E-state index contributed by atoms with van der Waals surface area (Å²) >= 11 is 0. The van der Waals surface area contributed by atoms with Crippen molar-refractivity contribution in [1.29, 1.82) is 0 Å². The molecule has 0 spiro atoms. The number of ketones is 2. The number of rotatable bonds is 30. The van der Waals surface area contributed by atoms with Crippen LogP contribution in [0.5, 0.6) is 5.75 Å². The third-order valence-electron chi connectivity index (χ3n) is 14.5. The van der Waals surface area contributed by atoms with Crippen molar-refractivity contribution in [3.05, 3.63) is 117 Å². The van der Waals surface area contributed by atoms with Crippen molar-refractivity contribution in [2.45, 2.75) is 128 Å². The highest BCUT2D eigenvalue weighted by Gasteiger charge is 2.51. The normalized spacial score (nSPS) is 14.4. The molecule has 0 fully saturated rings. The molecule has 26 heteroatoms. The van der Waals surface area contributed by atoms with Crippen LogP contribution in [0.2, 0.25) is 0 Å². The van der Waals surface area contributed by atoms with E-state index in [1.165, 1.54) is 12.4 Å². The molecule has 0 aliphatic carbocycles. The first-order chi connectivity index (χ1) is 41.4. The van der Waals surface area contributed by atoms with Crippen LogP contribution in [0.4, 0.5) is 10.5 Å². The number of aromatic hydroxyl groups is 1. The number of phenolic OH excluding ortho intramolecular Hbond substituents is 1. The lowest BCUT2D eigenvalue weighted by atomic mass is 9.85. The molecule has 6 aromatic rings. The van der Waals surface area contributed by atoms with Gasteiger partial charge in [0.15, 0.2) is 11.6 Å². The number of cyclic esters (lactones) is 1. The number of hydrogen-bond acceptors (Lipinski definition) is 21. The lowest BCUT2D eigenvalue weighted by molar-refractivity contribution is -0.175. The number of unbranched alkanes of at least 4 members (excludes halogenated alkanes) is 2. The summed E-state index contributed by atoms with van der Waals surface area (Å²) in [6, 6.07) is 13.0. The fourth-order valence-corrected chi connectivity index (χ4v) is 10.5. The number of carbonyl (C=O) groups is 6. The van der Waals surface area contributed by atoms with E-state index >= 15 is 0 Å². The van der Waals surface area contributed by atoms with Crippen LogP contribution in [0.25, 0.3) is 22.3 Å². The van der Waals surface area contributed by atoms with Crippen LogP contribution in [0, 0.1) is 17.8 Å². The Kier molecular flexibility index (Phi) is 21.6. The molecule has 4 aromatic heterocycles. The van der Waals surface area contributed by atoms with Gasteiger partial charge in [-0.15, -0.1) is 5.10 Å². The van der Waals surface area contributed by atoms with Crippen molar-refractivity contribution in [3.63, 3.8) is 0 Å². The predicted molar refractivity (Wildman–Crippen MR) is 309 cm³/mol. The van der Waals surface area contributed by atoms with E-state index in [1.807, 2.05) is 6.92 Å². The zero-order valence-corrected chi connectivity index (χ0v) is 48.9.